The average molecular weight is 408 g/mol. The van der Waals surface area contributed by atoms with Gasteiger partial charge in [0.15, 0.2) is 0 Å². The van der Waals surface area contributed by atoms with Crippen molar-refractivity contribution in [3.63, 3.8) is 0 Å². The maximum absolute atomic E-state index is 10.6. The van der Waals surface area contributed by atoms with E-state index in [0.29, 0.717) is 0 Å². The number of rotatable bonds is 0. The third-order valence-electron chi connectivity index (χ3n) is 0.798. The Labute approximate surface area is 143 Å². The van der Waals surface area contributed by atoms with Gasteiger partial charge >= 0.3 is 31.8 Å². The van der Waals surface area contributed by atoms with Crippen LogP contribution in [-0.4, -0.2) is 56.8 Å². The van der Waals surface area contributed by atoms with Crippen LogP contribution in [0.15, 0.2) is 0 Å². The molecule has 8 nitrogen and oxygen atoms in total. The molecule has 0 fully saturated rings. The van der Waals surface area contributed by atoms with E-state index in [1.54, 1.807) is 0 Å². The number of methoxy groups -OCH3 is 1. The van der Waals surface area contributed by atoms with Crippen molar-refractivity contribution in [1.82, 2.24) is 0 Å². The molecular formula is C12H21InO8. The Morgan fingerprint density at radius 2 is 0.905 bits per heavy atom. The van der Waals surface area contributed by atoms with E-state index < -0.39 is 17.9 Å². The SMILES string of the molecule is CC(=O)[O-].CC(=O)[O-].CC(=O)[O-].COC(=O)C(C)(C)C.[In+3]. The van der Waals surface area contributed by atoms with Gasteiger partial charge in [0.25, 0.3) is 0 Å². The Bertz CT molecular complexity index is 266. The van der Waals surface area contributed by atoms with Crippen LogP contribution in [-0.2, 0) is 23.9 Å². The van der Waals surface area contributed by atoms with Gasteiger partial charge in [-0.25, -0.2) is 0 Å². The third kappa shape index (κ3) is 115. The van der Waals surface area contributed by atoms with Crippen molar-refractivity contribution in [1.29, 1.82) is 0 Å². The molecule has 0 saturated carbocycles. The minimum absolute atomic E-state index is 0. The fraction of sp³-hybridized carbons (Fsp3) is 0.667. The van der Waals surface area contributed by atoms with Crippen LogP contribution in [0, 0.1) is 5.41 Å². The van der Waals surface area contributed by atoms with Crippen LogP contribution in [0.2, 0.25) is 0 Å². The summed E-state index contributed by atoms with van der Waals surface area (Å²) in [6.45, 7) is 8.37. The zero-order valence-electron chi connectivity index (χ0n) is 13.3. The van der Waals surface area contributed by atoms with E-state index in [1.807, 2.05) is 20.8 Å². The summed E-state index contributed by atoms with van der Waals surface area (Å²) < 4.78 is 4.48. The quantitative estimate of drug-likeness (QED) is 0.388. The summed E-state index contributed by atoms with van der Waals surface area (Å²) in [6.07, 6.45) is 0. The van der Waals surface area contributed by atoms with Crippen LogP contribution in [0.4, 0.5) is 0 Å². The first-order chi connectivity index (χ1) is 8.68. The standard InChI is InChI=1S/C6H12O2.3C2H4O2.In/c1-6(2,3)5(7)8-4;3*1-2(3)4;/h1-4H3;3*1H3,(H,3,4);/q;;;;+3/p-3. The van der Waals surface area contributed by atoms with E-state index >= 15 is 0 Å². The van der Waals surface area contributed by atoms with Crippen LogP contribution in [0.5, 0.6) is 0 Å². The number of carboxylic acid groups (broad SMARTS) is 3. The molecule has 0 aromatic rings. The summed E-state index contributed by atoms with van der Waals surface area (Å²) in [6, 6.07) is 0. The smallest absolute Gasteiger partial charge is 0.550 e. The predicted octanol–water partition coefficient (Wildman–Crippen LogP) is -2.91. The Hall–Kier alpha value is -1.25. The van der Waals surface area contributed by atoms with E-state index in [-0.39, 0.29) is 37.2 Å². The van der Waals surface area contributed by atoms with Gasteiger partial charge in [-0.2, -0.15) is 0 Å². The first-order valence-corrected chi connectivity index (χ1v) is 5.29. The molecule has 0 atom stereocenters. The minimum Gasteiger partial charge on any atom is -0.550 e. The second-order valence-corrected chi connectivity index (χ2v) is 4.22. The van der Waals surface area contributed by atoms with Crippen molar-refractivity contribution >= 4 is 49.7 Å². The molecule has 0 aliphatic heterocycles. The van der Waals surface area contributed by atoms with Gasteiger partial charge in [-0.15, -0.1) is 0 Å². The summed E-state index contributed by atoms with van der Waals surface area (Å²) >= 11 is 0. The number of hydrogen-bond donors (Lipinski definition) is 0. The fourth-order valence-corrected chi connectivity index (χ4v) is 0.306. The first-order valence-electron chi connectivity index (χ1n) is 5.29. The van der Waals surface area contributed by atoms with E-state index in [4.69, 9.17) is 29.7 Å². The summed E-state index contributed by atoms with van der Waals surface area (Å²) in [7, 11) is 1.40. The number of esters is 1. The van der Waals surface area contributed by atoms with Gasteiger partial charge in [0.1, 0.15) is 0 Å². The van der Waals surface area contributed by atoms with Gasteiger partial charge in [0, 0.05) is 17.9 Å². The molecule has 0 rings (SSSR count). The van der Waals surface area contributed by atoms with Gasteiger partial charge in [-0.05, 0) is 41.5 Å². The van der Waals surface area contributed by atoms with Gasteiger partial charge in [-0.1, -0.05) is 0 Å². The van der Waals surface area contributed by atoms with Crippen molar-refractivity contribution in [2.75, 3.05) is 7.11 Å². The first kappa shape index (κ1) is 31.9. The third-order valence-corrected chi connectivity index (χ3v) is 0.798. The molecule has 0 aliphatic carbocycles. The minimum atomic E-state index is -1.08. The molecule has 0 aliphatic rings. The largest absolute Gasteiger partial charge is 3.00 e. The predicted molar refractivity (Wildman–Crippen MR) is 69.3 cm³/mol. The zero-order valence-corrected chi connectivity index (χ0v) is 16.6. The molecule has 120 valence electrons. The fourth-order valence-electron chi connectivity index (χ4n) is 0.306. The van der Waals surface area contributed by atoms with E-state index in [0.717, 1.165) is 20.8 Å². The molecule has 0 heterocycles. The van der Waals surface area contributed by atoms with Crippen LogP contribution in [0.1, 0.15) is 41.5 Å². The van der Waals surface area contributed by atoms with Crippen molar-refractivity contribution in [2.45, 2.75) is 41.5 Å². The number of aliphatic carboxylic acids is 3. The van der Waals surface area contributed by atoms with Gasteiger partial charge in [-0.3, -0.25) is 4.79 Å². The number of carbonyl (C=O) groups excluding carboxylic acids is 4. The molecule has 0 spiro atoms. The molecule has 9 heteroatoms. The molecule has 0 N–H and O–H groups in total. The molecule has 0 aromatic carbocycles. The molecule has 0 unspecified atom stereocenters. The normalized spacial score (nSPS) is 7.76. The second kappa shape index (κ2) is 18.8. The molecule has 0 radical (unpaired) electrons. The van der Waals surface area contributed by atoms with Crippen molar-refractivity contribution in [3.05, 3.63) is 0 Å². The molecule has 0 saturated heterocycles. The topological polar surface area (TPSA) is 147 Å². The van der Waals surface area contributed by atoms with Crippen molar-refractivity contribution in [3.8, 4) is 0 Å². The Balaban J connectivity index is -0.0000000570. The van der Waals surface area contributed by atoms with Gasteiger partial charge < -0.3 is 34.4 Å². The Morgan fingerprint density at radius 3 is 0.905 bits per heavy atom. The second-order valence-electron chi connectivity index (χ2n) is 4.22. The molecular weight excluding hydrogens is 387 g/mol. The van der Waals surface area contributed by atoms with Crippen molar-refractivity contribution < 1.29 is 39.2 Å². The molecule has 0 aromatic heterocycles. The summed E-state index contributed by atoms with van der Waals surface area (Å²) in [5.41, 5.74) is -0.352. The zero-order chi connectivity index (χ0) is 17.5. The van der Waals surface area contributed by atoms with Gasteiger partial charge in [0.05, 0.1) is 12.5 Å². The molecule has 0 amide bonds. The van der Waals surface area contributed by atoms with Gasteiger partial charge in [0.2, 0.25) is 0 Å². The number of carbonyl (C=O) groups is 4. The van der Waals surface area contributed by atoms with Crippen molar-refractivity contribution in [2.24, 2.45) is 5.41 Å². The van der Waals surface area contributed by atoms with Crippen LogP contribution in [0.3, 0.4) is 0 Å². The van der Waals surface area contributed by atoms with Crippen LogP contribution < -0.4 is 15.3 Å². The Kier molecular flexibility index (Phi) is 28.5. The summed E-state index contributed by atoms with van der Waals surface area (Å²) in [4.78, 5) is 37.3. The number of carboxylic acids is 3. The van der Waals surface area contributed by atoms with E-state index in [1.165, 1.54) is 7.11 Å². The Morgan fingerprint density at radius 1 is 0.762 bits per heavy atom. The monoisotopic (exact) mass is 408 g/mol. The van der Waals surface area contributed by atoms with Crippen LogP contribution >= 0.6 is 0 Å². The molecule has 0 bridgehead atoms. The maximum Gasteiger partial charge on any atom is 3.00 e. The summed E-state index contributed by atoms with van der Waals surface area (Å²) in [5, 5.41) is 26.7. The summed E-state index contributed by atoms with van der Waals surface area (Å²) in [5.74, 6) is -3.42. The molecule has 21 heavy (non-hydrogen) atoms. The van der Waals surface area contributed by atoms with E-state index in [9.17, 15) is 4.79 Å². The van der Waals surface area contributed by atoms with E-state index in [2.05, 4.69) is 4.74 Å². The maximum atomic E-state index is 10.6. The van der Waals surface area contributed by atoms with Crippen LogP contribution in [0.25, 0.3) is 0 Å². The average Bonchev–Trinajstić information content (AvgIpc) is 2.12. The number of hydrogen-bond acceptors (Lipinski definition) is 8. The number of ether oxygens (including phenoxy) is 1.